The predicted octanol–water partition coefficient (Wildman–Crippen LogP) is -0.118. The van der Waals surface area contributed by atoms with Gasteiger partial charge in [-0.2, -0.15) is 10.2 Å². The van der Waals surface area contributed by atoms with Gasteiger partial charge >= 0.3 is 0 Å². The van der Waals surface area contributed by atoms with Crippen LogP contribution >= 0.6 is 0 Å². The van der Waals surface area contributed by atoms with Crippen molar-refractivity contribution in [2.75, 3.05) is 6.54 Å². The molecule has 2 rings (SSSR count). The Balaban J connectivity index is 1.81. The molecule has 0 unspecified atom stereocenters. The maximum atomic E-state index is 11.8. The largest absolute Gasteiger partial charge is 0.349 e. The molecule has 1 aromatic rings. The van der Waals surface area contributed by atoms with E-state index in [2.05, 4.69) is 20.9 Å². The molecule has 0 saturated carbocycles. The lowest BCUT2D eigenvalue weighted by Gasteiger charge is -2.12. The molecule has 0 atom stereocenters. The zero-order chi connectivity index (χ0) is 13.8. The zero-order valence-electron chi connectivity index (χ0n) is 11.1. The summed E-state index contributed by atoms with van der Waals surface area (Å²) >= 11 is 0. The van der Waals surface area contributed by atoms with Gasteiger partial charge in [-0.3, -0.25) is 14.3 Å². The van der Waals surface area contributed by atoms with Crippen molar-refractivity contribution in [3.63, 3.8) is 0 Å². The third-order valence-corrected chi connectivity index (χ3v) is 2.88. The molecular weight excluding hydrogens is 246 g/mol. The summed E-state index contributed by atoms with van der Waals surface area (Å²) in [5.41, 5.74) is 4.70. The third-order valence-electron chi connectivity index (χ3n) is 2.88. The number of carbonyl (C=O) groups is 2. The number of nitrogens with zero attached hydrogens (tertiary/aromatic N) is 3. The van der Waals surface area contributed by atoms with Crippen molar-refractivity contribution in [2.24, 2.45) is 5.10 Å². The van der Waals surface area contributed by atoms with Crippen LogP contribution in [0.15, 0.2) is 11.2 Å². The minimum atomic E-state index is -0.235. The Bertz CT molecular complexity index is 532. The number of aromatic nitrogens is 2. The van der Waals surface area contributed by atoms with Crippen molar-refractivity contribution < 1.29 is 9.59 Å². The summed E-state index contributed by atoms with van der Waals surface area (Å²) in [6.07, 6.45) is 0.696. The number of hydrogen-bond acceptors (Lipinski definition) is 4. The van der Waals surface area contributed by atoms with Crippen molar-refractivity contribution in [1.29, 1.82) is 0 Å². The summed E-state index contributed by atoms with van der Waals surface area (Å²) in [7, 11) is 0. The monoisotopic (exact) mass is 263 g/mol. The van der Waals surface area contributed by atoms with Crippen LogP contribution in [0, 0.1) is 13.8 Å². The van der Waals surface area contributed by atoms with Gasteiger partial charge in [-0.1, -0.05) is 0 Å². The first-order valence-electron chi connectivity index (χ1n) is 6.21. The zero-order valence-corrected chi connectivity index (χ0v) is 11.1. The normalized spacial score (nSPS) is 14.8. The smallest absolute Gasteiger partial charge is 0.267 e. The standard InChI is InChI=1S/C12H17N5O2/c1-8-7-9(2)17(16-8)6-5-13-12(19)10-3-4-11(18)15-14-10/h7H,3-6H2,1-2H3,(H,13,19)(H,15,18). The Morgan fingerprint density at radius 1 is 1.47 bits per heavy atom. The number of hydrogen-bond donors (Lipinski definition) is 2. The second kappa shape index (κ2) is 5.64. The average molecular weight is 263 g/mol. The van der Waals surface area contributed by atoms with E-state index in [9.17, 15) is 9.59 Å². The molecule has 0 saturated heterocycles. The molecule has 1 aromatic heterocycles. The van der Waals surface area contributed by atoms with Gasteiger partial charge in [0.05, 0.1) is 12.2 Å². The van der Waals surface area contributed by atoms with Crippen LogP contribution in [0.2, 0.25) is 0 Å². The fourth-order valence-corrected chi connectivity index (χ4v) is 1.92. The van der Waals surface area contributed by atoms with E-state index in [1.807, 2.05) is 24.6 Å². The van der Waals surface area contributed by atoms with Crippen molar-refractivity contribution in [1.82, 2.24) is 20.5 Å². The van der Waals surface area contributed by atoms with Gasteiger partial charge in [0, 0.05) is 25.1 Å². The lowest BCUT2D eigenvalue weighted by Crippen LogP contribution is -2.38. The Kier molecular flexibility index (Phi) is 3.94. The summed E-state index contributed by atoms with van der Waals surface area (Å²) in [5.74, 6) is -0.388. The quantitative estimate of drug-likeness (QED) is 0.794. The molecule has 0 aromatic carbocycles. The van der Waals surface area contributed by atoms with Crippen LogP contribution in [0.1, 0.15) is 24.2 Å². The number of amides is 2. The van der Waals surface area contributed by atoms with Crippen LogP contribution < -0.4 is 10.7 Å². The van der Waals surface area contributed by atoms with E-state index in [1.165, 1.54) is 0 Å². The van der Waals surface area contributed by atoms with Crippen molar-refractivity contribution in [2.45, 2.75) is 33.2 Å². The molecule has 0 bridgehead atoms. The number of carbonyl (C=O) groups excluding carboxylic acids is 2. The summed E-state index contributed by atoms with van der Waals surface area (Å²) in [6, 6.07) is 1.99. The fraction of sp³-hybridized carbons (Fsp3) is 0.500. The van der Waals surface area contributed by atoms with E-state index >= 15 is 0 Å². The van der Waals surface area contributed by atoms with E-state index in [1.54, 1.807) is 0 Å². The first kappa shape index (κ1) is 13.3. The number of hydrazone groups is 1. The van der Waals surface area contributed by atoms with Gasteiger partial charge in [-0.25, -0.2) is 5.43 Å². The van der Waals surface area contributed by atoms with Gasteiger partial charge in [0.1, 0.15) is 5.71 Å². The van der Waals surface area contributed by atoms with Crippen LogP contribution in [-0.4, -0.2) is 33.9 Å². The SMILES string of the molecule is Cc1cc(C)n(CCNC(=O)C2=NNC(=O)CC2)n1. The second-order valence-electron chi connectivity index (χ2n) is 4.50. The molecule has 0 fully saturated rings. The van der Waals surface area contributed by atoms with E-state index < -0.39 is 0 Å². The highest BCUT2D eigenvalue weighted by Crippen LogP contribution is 2.01. The van der Waals surface area contributed by atoms with Crippen LogP contribution in [0.25, 0.3) is 0 Å². The van der Waals surface area contributed by atoms with E-state index in [0.29, 0.717) is 31.6 Å². The highest BCUT2D eigenvalue weighted by atomic mass is 16.2. The fourth-order valence-electron chi connectivity index (χ4n) is 1.92. The molecule has 1 aliphatic rings. The Morgan fingerprint density at radius 2 is 2.26 bits per heavy atom. The molecule has 2 amide bonds. The van der Waals surface area contributed by atoms with Gasteiger partial charge in [0.15, 0.2) is 0 Å². The Morgan fingerprint density at radius 3 is 2.84 bits per heavy atom. The van der Waals surface area contributed by atoms with Gasteiger partial charge < -0.3 is 5.32 Å². The average Bonchev–Trinajstić information content (AvgIpc) is 2.68. The topological polar surface area (TPSA) is 88.4 Å². The second-order valence-corrected chi connectivity index (χ2v) is 4.50. The van der Waals surface area contributed by atoms with E-state index in [-0.39, 0.29) is 11.8 Å². The lowest BCUT2D eigenvalue weighted by molar-refractivity contribution is -0.121. The van der Waals surface area contributed by atoms with E-state index in [4.69, 9.17) is 0 Å². The van der Waals surface area contributed by atoms with Crippen LogP contribution in [-0.2, 0) is 16.1 Å². The predicted molar refractivity (Wildman–Crippen MR) is 69.5 cm³/mol. The number of nitrogens with one attached hydrogen (secondary N) is 2. The molecule has 2 heterocycles. The van der Waals surface area contributed by atoms with Gasteiger partial charge in [-0.15, -0.1) is 0 Å². The third kappa shape index (κ3) is 3.40. The van der Waals surface area contributed by atoms with Gasteiger partial charge in [-0.05, 0) is 19.9 Å². The van der Waals surface area contributed by atoms with Crippen LogP contribution in [0.5, 0.6) is 0 Å². The van der Waals surface area contributed by atoms with Crippen molar-refractivity contribution in [3.05, 3.63) is 17.5 Å². The molecule has 102 valence electrons. The number of aryl methyl sites for hydroxylation is 2. The minimum Gasteiger partial charge on any atom is -0.349 e. The first-order chi connectivity index (χ1) is 9.06. The summed E-state index contributed by atoms with van der Waals surface area (Å²) < 4.78 is 1.85. The molecule has 1 aliphatic heterocycles. The number of rotatable bonds is 4. The highest BCUT2D eigenvalue weighted by Gasteiger charge is 2.17. The Hall–Kier alpha value is -2.18. The molecule has 2 N–H and O–H groups in total. The molecule has 0 radical (unpaired) electrons. The lowest BCUT2D eigenvalue weighted by atomic mass is 10.1. The maximum Gasteiger partial charge on any atom is 0.267 e. The molecule has 0 aliphatic carbocycles. The van der Waals surface area contributed by atoms with Crippen molar-refractivity contribution in [3.8, 4) is 0 Å². The van der Waals surface area contributed by atoms with Gasteiger partial charge in [0.25, 0.3) is 5.91 Å². The summed E-state index contributed by atoms with van der Waals surface area (Å²) in [4.78, 5) is 22.7. The summed E-state index contributed by atoms with van der Waals surface area (Å²) in [6.45, 7) is 5.00. The van der Waals surface area contributed by atoms with Gasteiger partial charge in [0.2, 0.25) is 5.91 Å². The first-order valence-corrected chi connectivity index (χ1v) is 6.21. The van der Waals surface area contributed by atoms with Crippen LogP contribution in [0.4, 0.5) is 0 Å². The van der Waals surface area contributed by atoms with Crippen LogP contribution in [0.3, 0.4) is 0 Å². The molecule has 19 heavy (non-hydrogen) atoms. The highest BCUT2D eigenvalue weighted by molar-refractivity contribution is 6.39. The molecular formula is C12H17N5O2. The molecule has 0 spiro atoms. The van der Waals surface area contributed by atoms with E-state index in [0.717, 1.165) is 11.4 Å². The molecule has 7 heteroatoms. The maximum absolute atomic E-state index is 11.8. The van der Waals surface area contributed by atoms with Crippen molar-refractivity contribution >= 4 is 17.5 Å². The molecule has 7 nitrogen and oxygen atoms in total. The summed E-state index contributed by atoms with van der Waals surface area (Å²) in [5, 5.41) is 10.8. The minimum absolute atomic E-state index is 0.154. The Labute approximate surface area is 111 Å².